The Balaban J connectivity index is 1.74. The van der Waals surface area contributed by atoms with Gasteiger partial charge in [0.05, 0.1) is 25.8 Å². The van der Waals surface area contributed by atoms with Gasteiger partial charge in [-0.05, 0) is 40.8 Å². The summed E-state index contributed by atoms with van der Waals surface area (Å²) in [6.45, 7) is 7.13. The van der Waals surface area contributed by atoms with E-state index in [0.29, 0.717) is 47.5 Å². The van der Waals surface area contributed by atoms with Gasteiger partial charge < -0.3 is 24.1 Å². The molecule has 5 rings (SSSR count). The molecule has 1 N–H and O–H groups in total. The van der Waals surface area contributed by atoms with Crippen molar-refractivity contribution in [3.8, 4) is 23.0 Å². The van der Waals surface area contributed by atoms with E-state index in [-0.39, 0.29) is 22.3 Å². The van der Waals surface area contributed by atoms with E-state index >= 15 is 0 Å². The molecule has 1 atom stereocenters. The molecule has 1 unspecified atom stereocenters. The largest absolute Gasteiger partial charge is 0.506 e. The van der Waals surface area contributed by atoms with Gasteiger partial charge in [-0.15, -0.1) is 0 Å². The highest BCUT2D eigenvalue weighted by atomic mass is 16.6. The zero-order chi connectivity index (χ0) is 27.9. The Morgan fingerprint density at radius 3 is 2.10 bits per heavy atom. The minimum absolute atomic E-state index is 0.0683. The quantitative estimate of drug-likeness (QED) is 0.269. The van der Waals surface area contributed by atoms with Crippen LogP contribution in [0.1, 0.15) is 43.5 Å². The van der Waals surface area contributed by atoms with Crippen molar-refractivity contribution in [1.29, 1.82) is 0 Å². The Morgan fingerprint density at radius 1 is 0.897 bits per heavy atom. The first-order chi connectivity index (χ1) is 18.7. The zero-order valence-corrected chi connectivity index (χ0v) is 22.6. The number of Topliss-reactive ketones (excluding diaryl/α,β-unsaturated/α-hetero) is 1. The highest BCUT2D eigenvalue weighted by Crippen LogP contribution is 2.46. The third-order valence-electron chi connectivity index (χ3n) is 7.01. The van der Waals surface area contributed by atoms with Crippen molar-refractivity contribution in [3.05, 3.63) is 82.9 Å². The standard InChI is InChI=1S/C31H31NO7/c1-31(2,3)19-11-9-18(10-12-19)27-26(28(33)25-22(36-4)7-6-8-23(25)37-5)29(34)30(35)32(27)20-13-14-21-24(17-20)39-16-15-38-21/h6-14,17,27,33H,15-16H2,1-5H3/b28-26+. The molecule has 0 spiro atoms. The van der Waals surface area contributed by atoms with Gasteiger partial charge in [0.25, 0.3) is 11.7 Å². The summed E-state index contributed by atoms with van der Waals surface area (Å²) in [7, 11) is 2.92. The number of benzene rings is 3. The van der Waals surface area contributed by atoms with Crippen LogP contribution in [0.3, 0.4) is 0 Å². The first kappa shape index (κ1) is 26.2. The maximum atomic E-state index is 13.7. The lowest BCUT2D eigenvalue weighted by Crippen LogP contribution is -2.29. The van der Waals surface area contributed by atoms with E-state index in [9.17, 15) is 14.7 Å². The number of fused-ring (bicyclic) bond motifs is 1. The summed E-state index contributed by atoms with van der Waals surface area (Å²) in [5, 5.41) is 11.7. The predicted molar refractivity (Wildman–Crippen MR) is 147 cm³/mol. The van der Waals surface area contributed by atoms with Gasteiger partial charge in [0.1, 0.15) is 36.0 Å². The van der Waals surface area contributed by atoms with Gasteiger partial charge in [-0.2, -0.15) is 0 Å². The number of carbonyl (C=O) groups is 2. The van der Waals surface area contributed by atoms with Crippen LogP contribution in [0.15, 0.2) is 66.2 Å². The van der Waals surface area contributed by atoms with E-state index in [1.807, 2.05) is 24.3 Å². The maximum absolute atomic E-state index is 13.7. The highest BCUT2D eigenvalue weighted by Gasteiger charge is 2.48. The SMILES string of the molecule is COc1cccc(OC)c1/C(O)=C1\C(=O)C(=O)N(c2ccc3c(c2)OCCO3)C1c1ccc(C(C)(C)C)cc1. The van der Waals surface area contributed by atoms with Crippen molar-refractivity contribution in [2.75, 3.05) is 32.3 Å². The smallest absolute Gasteiger partial charge is 0.300 e. The van der Waals surface area contributed by atoms with Gasteiger partial charge in [0, 0.05) is 11.8 Å². The fourth-order valence-corrected chi connectivity index (χ4v) is 4.98. The summed E-state index contributed by atoms with van der Waals surface area (Å²) >= 11 is 0. The number of carbonyl (C=O) groups excluding carboxylic acids is 2. The molecular weight excluding hydrogens is 498 g/mol. The molecule has 3 aromatic carbocycles. The summed E-state index contributed by atoms with van der Waals surface area (Å²) in [5.74, 6) is -0.321. The topological polar surface area (TPSA) is 94.5 Å². The lowest BCUT2D eigenvalue weighted by atomic mass is 9.85. The first-order valence-corrected chi connectivity index (χ1v) is 12.7. The Bertz CT molecular complexity index is 1440. The van der Waals surface area contributed by atoms with Crippen LogP contribution in [0.5, 0.6) is 23.0 Å². The molecule has 0 aromatic heterocycles. The van der Waals surface area contributed by atoms with Crippen LogP contribution in [0.25, 0.3) is 5.76 Å². The molecule has 8 nitrogen and oxygen atoms in total. The summed E-state index contributed by atoms with van der Waals surface area (Å²) in [5.41, 5.74) is 2.22. The molecule has 0 radical (unpaired) electrons. The number of ether oxygens (including phenoxy) is 4. The number of aliphatic hydroxyl groups excluding tert-OH is 1. The van der Waals surface area contributed by atoms with E-state index < -0.39 is 17.7 Å². The molecule has 1 saturated heterocycles. The van der Waals surface area contributed by atoms with Crippen molar-refractivity contribution in [2.45, 2.75) is 32.2 Å². The van der Waals surface area contributed by atoms with Crippen molar-refractivity contribution in [1.82, 2.24) is 0 Å². The molecule has 2 aliphatic heterocycles. The van der Waals surface area contributed by atoms with Crippen molar-refractivity contribution in [2.24, 2.45) is 0 Å². The number of methoxy groups -OCH3 is 2. The van der Waals surface area contributed by atoms with Gasteiger partial charge in [-0.25, -0.2) is 0 Å². The highest BCUT2D eigenvalue weighted by molar-refractivity contribution is 6.51. The second-order valence-electron chi connectivity index (χ2n) is 10.4. The van der Waals surface area contributed by atoms with Gasteiger partial charge in [-0.3, -0.25) is 14.5 Å². The minimum Gasteiger partial charge on any atom is -0.506 e. The van der Waals surface area contributed by atoms with Crippen molar-refractivity contribution < 1.29 is 33.6 Å². The van der Waals surface area contributed by atoms with Crippen molar-refractivity contribution >= 4 is 23.1 Å². The van der Waals surface area contributed by atoms with Crippen LogP contribution in [0, 0.1) is 0 Å². The number of nitrogens with zero attached hydrogens (tertiary/aromatic N) is 1. The molecule has 2 heterocycles. The van der Waals surface area contributed by atoms with Gasteiger partial charge in [0.15, 0.2) is 11.5 Å². The monoisotopic (exact) mass is 529 g/mol. The lowest BCUT2D eigenvalue weighted by molar-refractivity contribution is -0.132. The van der Waals surface area contributed by atoms with Crippen LogP contribution >= 0.6 is 0 Å². The van der Waals surface area contributed by atoms with Crippen LogP contribution in [0.2, 0.25) is 0 Å². The Morgan fingerprint density at radius 2 is 1.51 bits per heavy atom. The fraction of sp³-hybridized carbons (Fsp3) is 0.290. The van der Waals surface area contributed by atoms with E-state index in [2.05, 4.69) is 20.8 Å². The van der Waals surface area contributed by atoms with E-state index in [1.165, 1.54) is 19.1 Å². The molecule has 1 amide bonds. The molecule has 0 saturated carbocycles. The zero-order valence-electron chi connectivity index (χ0n) is 22.6. The van der Waals surface area contributed by atoms with Crippen molar-refractivity contribution in [3.63, 3.8) is 0 Å². The number of anilines is 1. The normalized spacial score (nSPS) is 18.3. The average Bonchev–Trinajstić information content (AvgIpc) is 3.21. The van der Waals surface area contributed by atoms with Gasteiger partial charge in [-0.1, -0.05) is 51.1 Å². The minimum atomic E-state index is -0.920. The summed E-state index contributed by atoms with van der Waals surface area (Å²) < 4.78 is 22.4. The number of hydrogen-bond acceptors (Lipinski definition) is 7. The molecule has 1 fully saturated rings. The second-order valence-corrected chi connectivity index (χ2v) is 10.4. The Labute approximate surface area is 227 Å². The summed E-state index contributed by atoms with van der Waals surface area (Å²) in [6.07, 6.45) is 0. The third kappa shape index (κ3) is 4.56. The van der Waals surface area contributed by atoms with Crippen LogP contribution < -0.4 is 23.8 Å². The van der Waals surface area contributed by atoms with Crippen LogP contribution in [-0.4, -0.2) is 44.2 Å². The second kappa shape index (κ2) is 10.0. The Kier molecular flexibility index (Phi) is 6.72. The Hall–Kier alpha value is -4.46. The van der Waals surface area contributed by atoms with E-state index in [0.717, 1.165) is 5.56 Å². The molecule has 0 aliphatic carbocycles. The van der Waals surface area contributed by atoms with Gasteiger partial charge >= 0.3 is 0 Å². The molecule has 0 bridgehead atoms. The summed E-state index contributed by atoms with van der Waals surface area (Å²) in [6, 6.07) is 16.9. The molecule has 8 heteroatoms. The third-order valence-corrected chi connectivity index (χ3v) is 7.01. The number of ketones is 1. The fourth-order valence-electron chi connectivity index (χ4n) is 4.98. The van der Waals surface area contributed by atoms with E-state index in [4.69, 9.17) is 18.9 Å². The number of hydrogen-bond donors (Lipinski definition) is 1. The van der Waals surface area contributed by atoms with Gasteiger partial charge in [0.2, 0.25) is 0 Å². The summed E-state index contributed by atoms with van der Waals surface area (Å²) in [4.78, 5) is 28.7. The average molecular weight is 530 g/mol. The maximum Gasteiger partial charge on any atom is 0.300 e. The lowest BCUT2D eigenvalue weighted by Gasteiger charge is -2.28. The molecule has 3 aromatic rings. The van der Waals surface area contributed by atoms with Crippen LogP contribution in [-0.2, 0) is 15.0 Å². The van der Waals surface area contributed by atoms with E-state index in [1.54, 1.807) is 36.4 Å². The molecule has 39 heavy (non-hydrogen) atoms. The number of rotatable bonds is 5. The number of amides is 1. The molecule has 202 valence electrons. The van der Waals surface area contributed by atoms with Crippen LogP contribution in [0.4, 0.5) is 5.69 Å². The number of aliphatic hydroxyl groups is 1. The predicted octanol–water partition coefficient (Wildman–Crippen LogP) is 5.40. The molecule has 2 aliphatic rings. The molecular formula is C31H31NO7. The first-order valence-electron chi connectivity index (χ1n) is 12.7.